The smallest absolute Gasteiger partial charge is 0.253 e. The van der Waals surface area contributed by atoms with Gasteiger partial charge in [-0.25, -0.2) is 0 Å². The van der Waals surface area contributed by atoms with Gasteiger partial charge in [0.25, 0.3) is 5.91 Å². The van der Waals surface area contributed by atoms with Crippen molar-refractivity contribution < 1.29 is 9.59 Å². The van der Waals surface area contributed by atoms with E-state index >= 15 is 0 Å². The van der Waals surface area contributed by atoms with Crippen molar-refractivity contribution in [3.8, 4) is 0 Å². The number of nitrogens with one attached hydrogen (secondary N) is 1. The predicted octanol–water partition coefficient (Wildman–Crippen LogP) is 3.18. The molecule has 0 aromatic heterocycles. The summed E-state index contributed by atoms with van der Waals surface area (Å²) in [6.07, 6.45) is 1.89. The molecule has 0 saturated heterocycles. The number of amides is 2. The molecule has 1 N–H and O–H groups in total. The van der Waals surface area contributed by atoms with Crippen molar-refractivity contribution in [1.82, 2.24) is 4.90 Å². The molecule has 4 heteroatoms. The van der Waals surface area contributed by atoms with Gasteiger partial charge >= 0.3 is 0 Å². The van der Waals surface area contributed by atoms with Crippen LogP contribution in [0.1, 0.15) is 56.5 Å². The third kappa shape index (κ3) is 2.80. The maximum atomic E-state index is 12.6. The molecule has 2 rings (SSSR count). The van der Waals surface area contributed by atoms with Crippen molar-refractivity contribution in [2.45, 2.75) is 46.0 Å². The first kappa shape index (κ1) is 15.5. The molecule has 1 aromatic carbocycles. The van der Waals surface area contributed by atoms with Gasteiger partial charge in [-0.05, 0) is 50.5 Å². The molecule has 0 spiro atoms. The minimum atomic E-state index is -0.577. The summed E-state index contributed by atoms with van der Waals surface area (Å²) in [5.41, 5.74) is 1.82. The Balaban J connectivity index is 2.32. The van der Waals surface area contributed by atoms with Gasteiger partial charge in [0, 0.05) is 24.3 Å². The highest BCUT2D eigenvalue weighted by atomic mass is 16.2. The molecule has 0 radical (unpaired) electrons. The predicted molar refractivity (Wildman–Crippen MR) is 84.6 cm³/mol. The first-order valence-electron chi connectivity index (χ1n) is 7.67. The maximum Gasteiger partial charge on any atom is 0.253 e. The Labute approximate surface area is 126 Å². The Hall–Kier alpha value is -1.84. The van der Waals surface area contributed by atoms with Gasteiger partial charge in [0.05, 0.1) is 5.41 Å². The Morgan fingerprint density at radius 3 is 2.38 bits per heavy atom. The number of hydrogen-bond acceptors (Lipinski definition) is 2. The van der Waals surface area contributed by atoms with E-state index < -0.39 is 5.41 Å². The first-order chi connectivity index (χ1) is 9.91. The number of anilines is 1. The molecule has 0 bridgehead atoms. The number of benzene rings is 1. The SMILES string of the molecule is CCCN(CCC)C(=O)c1ccc2c(c1)C(C)(C)C(=O)N2. The highest BCUT2D eigenvalue weighted by molar-refractivity contribution is 6.07. The average Bonchev–Trinajstić information content (AvgIpc) is 2.68. The summed E-state index contributed by atoms with van der Waals surface area (Å²) in [5.74, 6) is 0.0396. The van der Waals surface area contributed by atoms with Crippen molar-refractivity contribution in [1.29, 1.82) is 0 Å². The largest absolute Gasteiger partial charge is 0.339 e. The molecular weight excluding hydrogens is 264 g/mol. The summed E-state index contributed by atoms with van der Waals surface area (Å²) in [6, 6.07) is 5.51. The van der Waals surface area contributed by atoms with Crippen LogP contribution in [0.15, 0.2) is 18.2 Å². The third-order valence-electron chi connectivity index (χ3n) is 4.03. The van der Waals surface area contributed by atoms with Crippen molar-refractivity contribution in [3.05, 3.63) is 29.3 Å². The molecule has 1 heterocycles. The molecule has 0 fully saturated rings. The van der Waals surface area contributed by atoms with Crippen LogP contribution in [0.3, 0.4) is 0 Å². The molecule has 0 atom stereocenters. The molecule has 0 unspecified atom stereocenters. The van der Waals surface area contributed by atoms with Gasteiger partial charge in [0.2, 0.25) is 5.91 Å². The van der Waals surface area contributed by atoms with Crippen LogP contribution in [-0.2, 0) is 10.2 Å². The van der Waals surface area contributed by atoms with E-state index in [0.29, 0.717) is 5.56 Å². The average molecular weight is 288 g/mol. The molecule has 21 heavy (non-hydrogen) atoms. The van der Waals surface area contributed by atoms with Crippen molar-refractivity contribution in [2.24, 2.45) is 0 Å². The van der Waals surface area contributed by atoms with E-state index in [1.54, 1.807) is 6.07 Å². The fourth-order valence-electron chi connectivity index (χ4n) is 2.74. The Bertz CT molecular complexity index is 558. The number of carbonyl (C=O) groups is 2. The van der Waals surface area contributed by atoms with Gasteiger partial charge in [0.1, 0.15) is 0 Å². The normalized spacial score (nSPS) is 15.5. The molecule has 4 nitrogen and oxygen atoms in total. The second-order valence-corrected chi connectivity index (χ2v) is 6.13. The lowest BCUT2D eigenvalue weighted by Crippen LogP contribution is -2.32. The lowest BCUT2D eigenvalue weighted by Gasteiger charge is -2.22. The van der Waals surface area contributed by atoms with E-state index in [2.05, 4.69) is 19.2 Å². The molecule has 2 amide bonds. The third-order valence-corrected chi connectivity index (χ3v) is 4.03. The molecule has 1 aliphatic heterocycles. The number of carbonyl (C=O) groups excluding carboxylic acids is 2. The fraction of sp³-hybridized carbons (Fsp3) is 0.529. The molecule has 1 aromatic rings. The molecule has 0 saturated carbocycles. The Kier molecular flexibility index (Phi) is 4.35. The van der Waals surface area contributed by atoms with E-state index in [0.717, 1.165) is 37.2 Å². The zero-order valence-electron chi connectivity index (χ0n) is 13.3. The zero-order valence-corrected chi connectivity index (χ0v) is 13.3. The van der Waals surface area contributed by atoms with Crippen LogP contribution in [0, 0.1) is 0 Å². The summed E-state index contributed by atoms with van der Waals surface area (Å²) in [7, 11) is 0. The highest BCUT2D eigenvalue weighted by Crippen LogP contribution is 2.37. The van der Waals surface area contributed by atoms with Gasteiger partial charge in [0.15, 0.2) is 0 Å². The molecular formula is C17H24N2O2. The van der Waals surface area contributed by atoms with Gasteiger partial charge in [-0.2, -0.15) is 0 Å². The van der Waals surface area contributed by atoms with E-state index in [1.165, 1.54) is 0 Å². The summed E-state index contributed by atoms with van der Waals surface area (Å²) in [5, 5.41) is 2.87. The second kappa shape index (κ2) is 5.88. The standard InChI is InChI=1S/C17H24N2O2/c1-5-9-19(10-6-2)15(20)12-7-8-14-13(11-12)17(3,4)16(21)18-14/h7-8,11H,5-6,9-10H2,1-4H3,(H,18,21). The van der Waals surface area contributed by atoms with Crippen molar-refractivity contribution in [2.75, 3.05) is 18.4 Å². The van der Waals surface area contributed by atoms with Crippen molar-refractivity contribution in [3.63, 3.8) is 0 Å². The van der Waals surface area contributed by atoms with E-state index in [4.69, 9.17) is 0 Å². The van der Waals surface area contributed by atoms with Crippen molar-refractivity contribution >= 4 is 17.5 Å². The van der Waals surface area contributed by atoms with Crippen LogP contribution in [0.4, 0.5) is 5.69 Å². The number of hydrogen-bond donors (Lipinski definition) is 1. The van der Waals surface area contributed by atoms with E-state index in [-0.39, 0.29) is 11.8 Å². The quantitative estimate of drug-likeness (QED) is 0.904. The zero-order chi connectivity index (χ0) is 15.6. The van der Waals surface area contributed by atoms with Gasteiger partial charge < -0.3 is 10.2 Å². The van der Waals surface area contributed by atoms with Crippen LogP contribution in [0.5, 0.6) is 0 Å². The van der Waals surface area contributed by atoms with Crippen LogP contribution in [0.2, 0.25) is 0 Å². The fourth-order valence-corrected chi connectivity index (χ4v) is 2.74. The number of fused-ring (bicyclic) bond motifs is 1. The van der Waals surface area contributed by atoms with Crippen LogP contribution in [-0.4, -0.2) is 29.8 Å². The lowest BCUT2D eigenvalue weighted by atomic mass is 9.85. The molecule has 114 valence electrons. The highest BCUT2D eigenvalue weighted by Gasteiger charge is 2.38. The van der Waals surface area contributed by atoms with E-state index in [9.17, 15) is 9.59 Å². The number of nitrogens with zero attached hydrogens (tertiary/aromatic N) is 1. The lowest BCUT2D eigenvalue weighted by molar-refractivity contribution is -0.119. The minimum Gasteiger partial charge on any atom is -0.339 e. The molecule has 1 aliphatic rings. The van der Waals surface area contributed by atoms with E-state index in [1.807, 2.05) is 30.9 Å². The second-order valence-electron chi connectivity index (χ2n) is 6.13. The van der Waals surface area contributed by atoms with Crippen LogP contribution >= 0.6 is 0 Å². The van der Waals surface area contributed by atoms with Gasteiger partial charge in [-0.1, -0.05) is 13.8 Å². The topological polar surface area (TPSA) is 49.4 Å². The van der Waals surface area contributed by atoms with Gasteiger partial charge in [-0.15, -0.1) is 0 Å². The van der Waals surface area contributed by atoms with Gasteiger partial charge in [-0.3, -0.25) is 9.59 Å². The summed E-state index contributed by atoms with van der Waals surface area (Å²) in [6.45, 7) is 9.46. The Morgan fingerprint density at radius 1 is 1.19 bits per heavy atom. The minimum absolute atomic E-state index is 0.0129. The summed E-state index contributed by atoms with van der Waals surface area (Å²) in [4.78, 5) is 26.5. The van der Waals surface area contributed by atoms with Crippen LogP contribution < -0.4 is 5.32 Å². The maximum absolute atomic E-state index is 12.6. The van der Waals surface area contributed by atoms with Crippen LogP contribution in [0.25, 0.3) is 0 Å². The Morgan fingerprint density at radius 2 is 1.81 bits per heavy atom. The number of rotatable bonds is 5. The molecule has 0 aliphatic carbocycles. The first-order valence-corrected chi connectivity index (χ1v) is 7.67. The summed E-state index contributed by atoms with van der Waals surface area (Å²) < 4.78 is 0. The monoisotopic (exact) mass is 288 g/mol. The summed E-state index contributed by atoms with van der Waals surface area (Å²) >= 11 is 0.